The van der Waals surface area contributed by atoms with Crippen LogP contribution in [-0.2, 0) is 16.0 Å². The van der Waals surface area contributed by atoms with Crippen molar-refractivity contribution in [1.82, 2.24) is 4.90 Å². The molecule has 0 bridgehead atoms. The van der Waals surface area contributed by atoms with E-state index >= 15 is 0 Å². The fraction of sp³-hybridized carbons (Fsp3) is 0.562. The van der Waals surface area contributed by atoms with Crippen molar-refractivity contribution in [2.24, 2.45) is 0 Å². The molecule has 0 radical (unpaired) electrons. The van der Waals surface area contributed by atoms with Crippen molar-refractivity contribution in [2.75, 3.05) is 26.2 Å². The molecule has 0 spiro atoms. The highest BCUT2D eigenvalue weighted by Crippen LogP contribution is 2.24. The van der Waals surface area contributed by atoms with E-state index in [0.717, 1.165) is 26.1 Å². The quantitative estimate of drug-likeness (QED) is 0.740. The molecule has 1 aromatic carbocycles. The van der Waals surface area contributed by atoms with E-state index in [0.29, 0.717) is 0 Å². The molecule has 1 heterocycles. The summed E-state index contributed by atoms with van der Waals surface area (Å²) in [5, 5.41) is 8.61. The number of aliphatic carboxylic acids is 1. The summed E-state index contributed by atoms with van der Waals surface area (Å²) >= 11 is 0. The van der Waals surface area contributed by atoms with Crippen LogP contribution in [0.1, 0.15) is 25.3 Å². The zero-order valence-corrected chi connectivity index (χ0v) is 12.0. The van der Waals surface area contributed by atoms with Gasteiger partial charge in [0.15, 0.2) is 0 Å². The van der Waals surface area contributed by atoms with Crippen molar-refractivity contribution in [3.05, 3.63) is 35.9 Å². The van der Waals surface area contributed by atoms with Crippen LogP contribution in [0.4, 0.5) is 0 Å². The summed E-state index contributed by atoms with van der Waals surface area (Å²) in [6, 6.07) is 10.5. The SMILES string of the molecule is CC1(OCC(=O)O)CN(CCCCc2ccccc2)C1. The lowest BCUT2D eigenvalue weighted by atomic mass is 9.96. The van der Waals surface area contributed by atoms with Crippen molar-refractivity contribution in [2.45, 2.75) is 31.8 Å². The number of aryl methyl sites for hydroxylation is 1. The monoisotopic (exact) mass is 277 g/mol. The van der Waals surface area contributed by atoms with Gasteiger partial charge in [0, 0.05) is 13.1 Å². The maximum atomic E-state index is 10.5. The van der Waals surface area contributed by atoms with E-state index in [1.54, 1.807) is 0 Å². The highest BCUT2D eigenvalue weighted by atomic mass is 16.5. The summed E-state index contributed by atoms with van der Waals surface area (Å²) in [5.74, 6) is -0.896. The van der Waals surface area contributed by atoms with Crippen LogP contribution in [-0.4, -0.2) is 47.8 Å². The first kappa shape index (κ1) is 15.0. The highest BCUT2D eigenvalue weighted by Gasteiger charge is 2.39. The molecule has 2 rings (SSSR count). The summed E-state index contributed by atoms with van der Waals surface area (Å²) in [6.07, 6.45) is 3.48. The lowest BCUT2D eigenvalue weighted by Gasteiger charge is -2.47. The maximum absolute atomic E-state index is 10.5. The Balaban J connectivity index is 1.55. The van der Waals surface area contributed by atoms with Gasteiger partial charge >= 0.3 is 5.97 Å². The minimum absolute atomic E-state index is 0.196. The molecular weight excluding hydrogens is 254 g/mol. The van der Waals surface area contributed by atoms with Gasteiger partial charge in [0.25, 0.3) is 0 Å². The smallest absolute Gasteiger partial charge is 0.329 e. The number of ether oxygens (including phenoxy) is 1. The van der Waals surface area contributed by atoms with Gasteiger partial charge in [-0.3, -0.25) is 4.90 Å². The molecule has 110 valence electrons. The molecule has 1 N–H and O–H groups in total. The van der Waals surface area contributed by atoms with Gasteiger partial charge in [-0.2, -0.15) is 0 Å². The fourth-order valence-electron chi connectivity index (χ4n) is 2.69. The molecule has 20 heavy (non-hydrogen) atoms. The standard InChI is InChI=1S/C16H23NO3/c1-16(20-11-15(18)19)12-17(13-16)10-6-5-9-14-7-3-2-4-8-14/h2-4,7-8H,5-6,9-13H2,1H3,(H,18,19). The van der Waals surface area contributed by atoms with Crippen LogP contribution in [0.15, 0.2) is 30.3 Å². The molecule has 0 aliphatic carbocycles. The molecule has 1 fully saturated rings. The van der Waals surface area contributed by atoms with Crippen LogP contribution in [0, 0.1) is 0 Å². The molecule has 0 atom stereocenters. The molecule has 0 unspecified atom stereocenters. The van der Waals surface area contributed by atoms with Gasteiger partial charge in [-0.05, 0) is 38.3 Å². The minimum Gasteiger partial charge on any atom is -0.480 e. The van der Waals surface area contributed by atoms with Gasteiger partial charge in [0.05, 0.1) is 5.60 Å². The number of benzene rings is 1. The Labute approximate surface area is 120 Å². The molecule has 1 aromatic rings. The Morgan fingerprint density at radius 2 is 2.00 bits per heavy atom. The maximum Gasteiger partial charge on any atom is 0.329 e. The average molecular weight is 277 g/mol. The zero-order chi connectivity index (χ0) is 14.4. The summed E-state index contributed by atoms with van der Waals surface area (Å²) in [5.41, 5.74) is 1.13. The number of hydrogen-bond acceptors (Lipinski definition) is 3. The number of rotatable bonds is 8. The number of likely N-dealkylation sites (tertiary alicyclic amines) is 1. The van der Waals surface area contributed by atoms with Gasteiger partial charge in [-0.1, -0.05) is 30.3 Å². The topological polar surface area (TPSA) is 49.8 Å². The van der Waals surface area contributed by atoms with E-state index in [4.69, 9.17) is 9.84 Å². The van der Waals surface area contributed by atoms with Crippen LogP contribution in [0.5, 0.6) is 0 Å². The minimum atomic E-state index is -0.896. The van der Waals surface area contributed by atoms with E-state index in [1.807, 2.05) is 13.0 Å². The van der Waals surface area contributed by atoms with Crippen molar-refractivity contribution >= 4 is 5.97 Å². The summed E-state index contributed by atoms with van der Waals surface area (Å²) in [4.78, 5) is 12.8. The van der Waals surface area contributed by atoms with Gasteiger partial charge in [0.2, 0.25) is 0 Å². The molecule has 0 amide bonds. The number of unbranched alkanes of at least 4 members (excludes halogenated alkanes) is 1. The van der Waals surface area contributed by atoms with Crippen molar-refractivity contribution in [1.29, 1.82) is 0 Å². The van der Waals surface area contributed by atoms with E-state index in [-0.39, 0.29) is 12.2 Å². The largest absolute Gasteiger partial charge is 0.480 e. The number of carboxylic acids is 1. The fourth-order valence-corrected chi connectivity index (χ4v) is 2.69. The molecular formula is C16H23NO3. The first-order chi connectivity index (χ1) is 9.57. The number of hydrogen-bond donors (Lipinski definition) is 1. The van der Waals surface area contributed by atoms with Crippen molar-refractivity contribution < 1.29 is 14.6 Å². The normalized spacial score (nSPS) is 17.6. The van der Waals surface area contributed by atoms with Gasteiger partial charge < -0.3 is 9.84 Å². The lowest BCUT2D eigenvalue weighted by molar-refractivity contribution is -0.164. The van der Waals surface area contributed by atoms with Crippen LogP contribution in [0.25, 0.3) is 0 Å². The highest BCUT2D eigenvalue weighted by molar-refractivity contribution is 5.68. The third-order valence-electron chi connectivity index (χ3n) is 3.69. The Hall–Kier alpha value is -1.39. The second-order valence-electron chi connectivity index (χ2n) is 5.79. The van der Waals surface area contributed by atoms with Gasteiger partial charge in [0.1, 0.15) is 6.61 Å². The van der Waals surface area contributed by atoms with Crippen LogP contribution >= 0.6 is 0 Å². The van der Waals surface area contributed by atoms with Crippen molar-refractivity contribution in [3.8, 4) is 0 Å². The Morgan fingerprint density at radius 3 is 2.65 bits per heavy atom. The zero-order valence-electron chi connectivity index (χ0n) is 12.0. The molecule has 0 saturated carbocycles. The van der Waals surface area contributed by atoms with Gasteiger partial charge in [-0.15, -0.1) is 0 Å². The van der Waals surface area contributed by atoms with E-state index in [2.05, 4.69) is 29.2 Å². The second-order valence-corrected chi connectivity index (χ2v) is 5.79. The molecule has 1 aliphatic rings. The lowest BCUT2D eigenvalue weighted by Crippen LogP contribution is -2.61. The van der Waals surface area contributed by atoms with Crippen LogP contribution < -0.4 is 0 Å². The third-order valence-corrected chi connectivity index (χ3v) is 3.69. The Bertz CT molecular complexity index is 427. The molecule has 4 nitrogen and oxygen atoms in total. The molecule has 4 heteroatoms. The van der Waals surface area contributed by atoms with Gasteiger partial charge in [-0.25, -0.2) is 4.79 Å². The predicted molar refractivity (Wildman–Crippen MR) is 77.8 cm³/mol. The van der Waals surface area contributed by atoms with E-state index in [1.165, 1.54) is 18.4 Å². The Morgan fingerprint density at radius 1 is 1.30 bits per heavy atom. The number of carbonyl (C=O) groups is 1. The molecule has 1 saturated heterocycles. The van der Waals surface area contributed by atoms with E-state index < -0.39 is 5.97 Å². The Kier molecular flexibility index (Phi) is 5.15. The first-order valence-electron chi connectivity index (χ1n) is 7.19. The number of carboxylic acid groups (broad SMARTS) is 1. The predicted octanol–water partition coefficient (Wildman–Crippen LogP) is 2.18. The summed E-state index contributed by atoms with van der Waals surface area (Å²) in [6.45, 7) is 4.53. The molecule has 1 aliphatic heterocycles. The first-order valence-corrected chi connectivity index (χ1v) is 7.19. The summed E-state index contributed by atoms with van der Waals surface area (Å²) in [7, 11) is 0. The summed E-state index contributed by atoms with van der Waals surface area (Å²) < 4.78 is 5.39. The average Bonchev–Trinajstić information content (AvgIpc) is 2.40. The van der Waals surface area contributed by atoms with Crippen molar-refractivity contribution in [3.63, 3.8) is 0 Å². The second kappa shape index (κ2) is 6.86. The van der Waals surface area contributed by atoms with Crippen LogP contribution in [0.3, 0.4) is 0 Å². The third kappa shape index (κ3) is 4.62. The van der Waals surface area contributed by atoms with Crippen LogP contribution in [0.2, 0.25) is 0 Å². The molecule has 0 aromatic heterocycles. The number of nitrogens with zero attached hydrogens (tertiary/aromatic N) is 1. The van der Waals surface area contributed by atoms with E-state index in [9.17, 15) is 4.79 Å².